The highest BCUT2D eigenvalue weighted by Gasteiger charge is 2.59. The second-order valence-corrected chi connectivity index (χ2v) is 9.48. The molecule has 0 radical (unpaired) electrons. The summed E-state index contributed by atoms with van der Waals surface area (Å²) in [4.78, 5) is 14.0. The lowest BCUT2D eigenvalue weighted by atomic mass is 9.89. The zero-order chi connectivity index (χ0) is 22.7. The number of ether oxygens (including phenoxy) is 1. The zero-order valence-electron chi connectivity index (χ0n) is 16.8. The van der Waals surface area contributed by atoms with Crippen LogP contribution < -0.4 is 15.4 Å². The van der Waals surface area contributed by atoms with Gasteiger partial charge in [0, 0.05) is 13.6 Å². The molecule has 0 saturated carbocycles. The number of aryl methyl sites for hydroxylation is 1. The number of nitrogens with zero attached hydrogens (tertiary/aromatic N) is 5. The molecule has 0 amide bonds. The Morgan fingerprint density at radius 3 is 2.58 bits per heavy atom. The highest BCUT2D eigenvalue weighted by atomic mass is 32.2. The summed E-state index contributed by atoms with van der Waals surface area (Å²) in [7, 11) is -1.53. The van der Waals surface area contributed by atoms with E-state index < -0.39 is 38.3 Å². The van der Waals surface area contributed by atoms with Gasteiger partial charge >= 0.3 is 0 Å². The van der Waals surface area contributed by atoms with Crippen molar-refractivity contribution in [3.05, 3.63) is 46.9 Å². The Morgan fingerprint density at radius 2 is 1.94 bits per heavy atom. The van der Waals surface area contributed by atoms with Gasteiger partial charge in [-0.2, -0.15) is 9.37 Å². The lowest BCUT2D eigenvalue weighted by Gasteiger charge is -2.38. The number of guanidine groups is 1. The van der Waals surface area contributed by atoms with Crippen molar-refractivity contribution < 1.29 is 26.3 Å². The molecule has 1 fully saturated rings. The SMILES string of the molecule is COc1nc(N2C[C@@H]3[C@](c4ccc(F)c(F)c4)(C2)N=C(N)N(C)S3(=O)=O)nc(C)c1F. The van der Waals surface area contributed by atoms with Crippen LogP contribution in [-0.2, 0) is 15.6 Å². The molecule has 2 aliphatic rings. The minimum absolute atomic E-state index is 0.00147. The average molecular weight is 456 g/mol. The number of methoxy groups -OCH3 is 1. The molecule has 1 aromatic carbocycles. The molecule has 4 rings (SSSR count). The summed E-state index contributed by atoms with van der Waals surface area (Å²) in [5.74, 6) is -3.56. The Morgan fingerprint density at radius 1 is 1.23 bits per heavy atom. The maximum atomic E-state index is 14.1. The van der Waals surface area contributed by atoms with Crippen LogP contribution in [-0.4, -0.2) is 61.1 Å². The Balaban J connectivity index is 1.90. The number of sulfonamides is 1. The van der Waals surface area contributed by atoms with Gasteiger partial charge in [-0.15, -0.1) is 0 Å². The molecule has 166 valence electrons. The normalized spacial score (nSPS) is 24.7. The van der Waals surface area contributed by atoms with E-state index in [1.807, 2.05) is 0 Å². The third-order valence-electron chi connectivity index (χ3n) is 5.60. The van der Waals surface area contributed by atoms with Crippen molar-refractivity contribution in [2.45, 2.75) is 17.7 Å². The Kier molecular flexibility index (Phi) is 4.76. The molecule has 9 nitrogen and oxygen atoms in total. The summed E-state index contributed by atoms with van der Waals surface area (Å²) in [5, 5.41) is -1.21. The van der Waals surface area contributed by atoms with E-state index in [1.165, 1.54) is 32.0 Å². The van der Waals surface area contributed by atoms with Crippen LogP contribution in [0, 0.1) is 24.4 Å². The number of fused-ring (bicyclic) bond motifs is 1. The first-order valence-electron chi connectivity index (χ1n) is 9.13. The van der Waals surface area contributed by atoms with Gasteiger partial charge in [-0.05, 0) is 24.6 Å². The molecule has 1 aromatic heterocycles. The van der Waals surface area contributed by atoms with Gasteiger partial charge in [0.1, 0.15) is 10.8 Å². The molecular formula is C18H19F3N6O3S. The van der Waals surface area contributed by atoms with Gasteiger partial charge in [0.2, 0.25) is 27.7 Å². The largest absolute Gasteiger partial charge is 0.479 e. The maximum Gasteiger partial charge on any atom is 0.255 e. The molecule has 0 spiro atoms. The fraction of sp³-hybridized carbons (Fsp3) is 0.389. The van der Waals surface area contributed by atoms with Crippen molar-refractivity contribution in [2.24, 2.45) is 10.7 Å². The molecule has 2 aromatic rings. The third-order valence-corrected chi connectivity index (χ3v) is 7.81. The second kappa shape index (κ2) is 6.97. The van der Waals surface area contributed by atoms with E-state index in [0.717, 1.165) is 16.4 Å². The highest BCUT2D eigenvalue weighted by Crippen LogP contribution is 2.44. The number of aromatic nitrogens is 2. The lowest BCUT2D eigenvalue weighted by molar-refractivity contribution is 0.365. The summed E-state index contributed by atoms with van der Waals surface area (Å²) >= 11 is 0. The molecule has 0 aliphatic carbocycles. The van der Waals surface area contributed by atoms with Gasteiger partial charge in [-0.1, -0.05) is 6.07 Å². The fourth-order valence-corrected chi connectivity index (χ4v) is 5.72. The monoisotopic (exact) mass is 456 g/mol. The van der Waals surface area contributed by atoms with E-state index in [-0.39, 0.29) is 42.1 Å². The first-order valence-corrected chi connectivity index (χ1v) is 10.6. The van der Waals surface area contributed by atoms with Crippen LogP contribution in [0.2, 0.25) is 0 Å². The minimum Gasteiger partial charge on any atom is -0.479 e. The number of hydrogen-bond acceptors (Lipinski definition) is 8. The molecule has 31 heavy (non-hydrogen) atoms. The topological polar surface area (TPSA) is 114 Å². The van der Waals surface area contributed by atoms with Crippen molar-refractivity contribution in [1.82, 2.24) is 14.3 Å². The number of hydrogen-bond donors (Lipinski definition) is 1. The number of nitrogens with two attached hydrogens (primary N) is 1. The van der Waals surface area contributed by atoms with Crippen molar-refractivity contribution in [1.29, 1.82) is 0 Å². The van der Waals surface area contributed by atoms with E-state index >= 15 is 0 Å². The Hall–Kier alpha value is -3.09. The Labute approximate surface area is 176 Å². The summed E-state index contributed by atoms with van der Waals surface area (Å²) in [6, 6.07) is 3.07. The summed E-state index contributed by atoms with van der Waals surface area (Å²) in [6.45, 7) is 1.15. The summed E-state index contributed by atoms with van der Waals surface area (Å²) < 4.78 is 73.9. The molecule has 1 saturated heterocycles. The predicted octanol–water partition coefficient (Wildman–Crippen LogP) is 0.885. The van der Waals surface area contributed by atoms with Crippen LogP contribution >= 0.6 is 0 Å². The van der Waals surface area contributed by atoms with Crippen LogP contribution in [0.1, 0.15) is 11.3 Å². The molecule has 0 bridgehead atoms. The first-order chi connectivity index (χ1) is 14.5. The van der Waals surface area contributed by atoms with Gasteiger partial charge in [-0.3, -0.25) is 0 Å². The molecule has 2 atom stereocenters. The molecular weight excluding hydrogens is 437 g/mol. The fourth-order valence-electron chi connectivity index (χ4n) is 3.91. The number of anilines is 1. The van der Waals surface area contributed by atoms with Gasteiger partial charge in [0.25, 0.3) is 5.88 Å². The lowest BCUT2D eigenvalue weighted by Crippen LogP contribution is -2.56. The van der Waals surface area contributed by atoms with E-state index in [0.29, 0.717) is 0 Å². The number of benzene rings is 1. The summed E-state index contributed by atoms with van der Waals surface area (Å²) in [6.07, 6.45) is 0. The van der Waals surface area contributed by atoms with Gasteiger partial charge in [0.05, 0.1) is 19.3 Å². The second-order valence-electron chi connectivity index (χ2n) is 7.34. The molecule has 2 aliphatic heterocycles. The first kappa shape index (κ1) is 21.2. The van der Waals surface area contributed by atoms with Crippen molar-refractivity contribution >= 4 is 21.9 Å². The predicted molar refractivity (Wildman–Crippen MR) is 106 cm³/mol. The van der Waals surface area contributed by atoms with E-state index in [2.05, 4.69) is 15.0 Å². The van der Waals surface area contributed by atoms with E-state index in [4.69, 9.17) is 10.5 Å². The molecule has 13 heteroatoms. The minimum atomic E-state index is -4.03. The highest BCUT2D eigenvalue weighted by molar-refractivity contribution is 7.90. The van der Waals surface area contributed by atoms with Crippen LogP contribution in [0.5, 0.6) is 5.88 Å². The maximum absolute atomic E-state index is 14.1. The van der Waals surface area contributed by atoms with Gasteiger partial charge < -0.3 is 15.4 Å². The molecule has 3 heterocycles. The number of rotatable bonds is 3. The number of aliphatic imine (C=N–C) groups is 1. The third kappa shape index (κ3) is 3.06. The summed E-state index contributed by atoms with van der Waals surface area (Å²) in [5.41, 5.74) is 4.46. The van der Waals surface area contributed by atoms with Crippen LogP contribution in [0.15, 0.2) is 23.2 Å². The molecule has 2 N–H and O–H groups in total. The van der Waals surface area contributed by atoms with Crippen molar-refractivity contribution in [3.63, 3.8) is 0 Å². The standard InChI is InChI=1S/C18H19F3N6O3S/c1-9-14(21)15(30-3)24-17(23-9)27-7-13-18(8-27,10-4-5-11(19)12(20)6-10)25-16(22)26(2)31(13,28)29/h4-6,13H,7-8H2,1-3H3,(H2,22,25)/t13-,18-/m1/s1. The van der Waals surface area contributed by atoms with Gasteiger partial charge in [0.15, 0.2) is 11.6 Å². The number of halogens is 3. The smallest absolute Gasteiger partial charge is 0.255 e. The van der Waals surface area contributed by atoms with E-state index in [1.54, 1.807) is 0 Å². The van der Waals surface area contributed by atoms with E-state index in [9.17, 15) is 21.6 Å². The van der Waals surface area contributed by atoms with Crippen molar-refractivity contribution in [3.8, 4) is 5.88 Å². The van der Waals surface area contributed by atoms with Crippen LogP contribution in [0.4, 0.5) is 19.1 Å². The average Bonchev–Trinajstić information content (AvgIpc) is 3.12. The van der Waals surface area contributed by atoms with Gasteiger partial charge in [-0.25, -0.2) is 31.5 Å². The van der Waals surface area contributed by atoms with Crippen LogP contribution in [0.3, 0.4) is 0 Å². The Bertz CT molecular complexity index is 1210. The zero-order valence-corrected chi connectivity index (χ0v) is 17.6. The van der Waals surface area contributed by atoms with Crippen molar-refractivity contribution in [2.75, 3.05) is 32.1 Å². The van der Waals surface area contributed by atoms with Crippen LogP contribution in [0.25, 0.3) is 0 Å². The molecule has 0 unspecified atom stereocenters. The quantitative estimate of drug-likeness (QED) is 0.730.